The number of carbonyl (C=O) groups is 2. The molecule has 0 heterocycles. The molecule has 0 bridgehead atoms. The number of hydrogen-bond donors (Lipinski definition) is 2. The van der Waals surface area contributed by atoms with Crippen LogP contribution in [0.1, 0.15) is 148 Å². The maximum atomic E-state index is 11.9. The number of rotatable bonds is 25. The minimum Gasteiger partial charge on any atom is -0.356 e. The fourth-order valence-corrected chi connectivity index (χ4v) is 4.03. The molecule has 4 nitrogen and oxygen atoms in total. The molecule has 1 amide bonds. The van der Waals surface area contributed by atoms with Crippen molar-refractivity contribution in [2.45, 2.75) is 148 Å². The van der Waals surface area contributed by atoms with E-state index >= 15 is 0 Å². The molecule has 0 saturated carbocycles. The van der Waals surface area contributed by atoms with Gasteiger partial charge in [0.15, 0.2) is 0 Å². The monoisotopic (exact) mass is 438 g/mol. The van der Waals surface area contributed by atoms with E-state index in [0.717, 1.165) is 38.6 Å². The standard InChI is InChI=1S/C27H54N2O2/c1-2-3-4-5-6-7-8-9-10-11-12-16-19-22-27(31)29-25-23-26(30)21-18-15-13-14-17-20-24-28/h2-25,28H2,1H3,(H,29,31). The van der Waals surface area contributed by atoms with Crippen molar-refractivity contribution < 1.29 is 9.59 Å². The molecule has 0 fully saturated rings. The zero-order chi connectivity index (χ0) is 22.8. The first-order valence-corrected chi connectivity index (χ1v) is 13.7. The van der Waals surface area contributed by atoms with Gasteiger partial charge in [-0.25, -0.2) is 0 Å². The zero-order valence-electron chi connectivity index (χ0n) is 20.9. The fraction of sp³-hybridized carbons (Fsp3) is 0.926. The van der Waals surface area contributed by atoms with E-state index in [1.165, 1.54) is 89.9 Å². The van der Waals surface area contributed by atoms with Crippen LogP contribution in [-0.2, 0) is 9.59 Å². The predicted molar refractivity (Wildman–Crippen MR) is 134 cm³/mol. The topological polar surface area (TPSA) is 72.2 Å². The number of Topliss-reactive ketones (excluding diaryl/α,β-unsaturated/α-hetero) is 1. The lowest BCUT2D eigenvalue weighted by atomic mass is 10.0. The second-order valence-electron chi connectivity index (χ2n) is 9.29. The first-order valence-electron chi connectivity index (χ1n) is 13.7. The Bertz CT molecular complexity index is 399. The van der Waals surface area contributed by atoms with Crippen LogP contribution in [0.4, 0.5) is 0 Å². The van der Waals surface area contributed by atoms with Crippen molar-refractivity contribution in [2.24, 2.45) is 5.73 Å². The van der Waals surface area contributed by atoms with Crippen molar-refractivity contribution >= 4 is 11.7 Å². The number of ketones is 1. The molecular formula is C27H54N2O2. The minimum atomic E-state index is 0.107. The molecule has 4 heteroatoms. The average molecular weight is 439 g/mol. The normalized spacial score (nSPS) is 11.0. The third-order valence-corrected chi connectivity index (χ3v) is 6.14. The van der Waals surface area contributed by atoms with E-state index < -0.39 is 0 Å². The van der Waals surface area contributed by atoms with Crippen molar-refractivity contribution in [3.63, 3.8) is 0 Å². The summed E-state index contributed by atoms with van der Waals surface area (Å²) in [6.07, 6.45) is 25.7. The molecule has 0 unspecified atom stereocenters. The Morgan fingerprint density at radius 3 is 1.45 bits per heavy atom. The van der Waals surface area contributed by atoms with E-state index in [2.05, 4.69) is 12.2 Å². The van der Waals surface area contributed by atoms with Crippen LogP contribution in [0.15, 0.2) is 0 Å². The summed E-state index contributed by atoms with van der Waals surface area (Å²) in [6.45, 7) is 3.56. The summed E-state index contributed by atoms with van der Waals surface area (Å²) in [5.74, 6) is 0.388. The van der Waals surface area contributed by atoms with Crippen LogP contribution in [0, 0.1) is 0 Å². The van der Waals surface area contributed by atoms with Crippen molar-refractivity contribution in [1.29, 1.82) is 0 Å². The fourth-order valence-electron chi connectivity index (χ4n) is 4.03. The van der Waals surface area contributed by atoms with Crippen LogP contribution in [-0.4, -0.2) is 24.8 Å². The van der Waals surface area contributed by atoms with Crippen molar-refractivity contribution in [2.75, 3.05) is 13.1 Å². The summed E-state index contributed by atoms with van der Waals surface area (Å²) >= 11 is 0. The number of carbonyl (C=O) groups excluding carboxylic acids is 2. The average Bonchev–Trinajstić information content (AvgIpc) is 2.76. The van der Waals surface area contributed by atoms with E-state index in [9.17, 15) is 9.59 Å². The molecule has 0 rings (SSSR count). The molecule has 184 valence electrons. The van der Waals surface area contributed by atoms with Gasteiger partial charge in [-0.1, -0.05) is 110 Å². The molecule has 0 saturated heterocycles. The Hall–Kier alpha value is -0.900. The molecule has 0 aromatic carbocycles. The van der Waals surface area contributed by atoms with E-state index in [1.54, 1.807) is 0 Å². The van der Waals surface area contributed by atoms with Crippen molar-refractivity contribution in [3.8, 4) is 0 Å². The third-order valence-electron chi connectivity index (χ3n) is 6.14. The van der Waals surface area contributed by atoms with Crippen LogP contribution in [0.5, 0.6) is 0 Å². The Kier molecular flexibility index (Phi) is 24.6. The van der Waals surface area contributed by atoms with E-state index in [-0.39, 0.29) is 11.7 Å². The number of amides is 1. The van der Waals surface area contributed by atoms with Gasteiger partial charge < -0.3 is 11.1 Å². The summed E-state index contributed by atoms with van der Waals surface area (Å²) in [6, 6.07) is 0. The predicted octanol–water partition coefficient (Wildman–Crippen LogP) is 7.23. The van der Waals surface area contributed by atoms with Gasteiger partial charge in [0.25, 0.3) is 0 Å². The lowest BCUT2D eigenvalue weighted by molar-refractivity contribution is -0.121. The van der Waals surface area contributed by atoms with Crippen LogP contribution in [0.3, 0.4) is 0 Å². The molecule has 0 aromatic heterocycles. The molecule has 0 aromatic rings. The highest BCUT2D eigenvalue weighted by molar-refractivity contribution is 5.80. The molecule has 0 aliphatic carbocycles. The zero-order valence-corrected chi connectivity index (χ0v) is 20.9. The quantitative estimate of drug-likeness (QED) is 0.148. The minimum absolute atomic E-state index is 0.107. The number of hydrogen-bond acceptors (Lipinski definition) is 3. The molecule has 0 atom stereocenters. The molecular weight excluding hydrogens is 384 g/mol. The van der Waals surface area contributed by atoms with Gasteiger partial charge in [-0.05, 0) is 25.8 Å². The summed E-state index contributed by atoms with van der Waals surface area (Å²) in [5.41, 5.74) is 5.48. The Balaban J connectivity index is 3.28. The Morgan fingerprint density at radius 1 is 0.548 bits per heavy atom. The number of unbranched alkanes of at least 4 members (excludes halogenated alkanes) is 17. The second-order valence-corrected chi connectivity index (χ2v) is 9.29. The molecule has 0 spiro atoms. The smallest absolute Gasteiger partial charge is 0.220 e. The lowest BCUT2D eigenvalue weighted by Gasteiger charge is -2.06. The summed E-state index contributed by atoms with van der Waals surface area (Å²) in [4.78, 5) is 23.8. The van der Waals surface area contributed by atoms with Gasteiger partial charge in [0, 0.05) is 25.8 Å². The van der Waals surface area contributed by atoms with Crippen molar-refractivity contribution in [3.05, 3.63) is 0 Å². The summed E-state index contributed by atoms with van der Waals surface area (Å²) in [5, 5.41) is 2.91. The summed E-state index contributed by atoms with van der Waals surface area (Å²) in [7, 11) is 0. The SMILES string of the molecule is CCCCCCCCCCCCCCCC(=O)NCCC(=O)CCCCCCCCN. The van der Waals surface area contributed by atoms with Crippen LogP contribution in [0.2, 0.25) is 0 Å². The van der Waals surface area contributed by atoms with Gasteiger partial charge in [-0.15, -0.1) is 0 Å². The Morgan fingerprint density at radius 2 is 0.968 bits per heavy atom. The van der Waals surface area contributed by atoms with Gasteiger partial charge in [-0.2, -0.15) is 0 Å². The molecule has 3 N–H and O–H groups in total. The number of nitrogens with two attached hydrogens (primary N) is 1. The van der Waals surface area contributed by atoms with Gasteiger partial charge in [-0.3, -0.25) is 9.59 Å². The maximum Gasteiger partial charge on any atom is 0.220 e. The highest BCUT2D eigenvalue weighted by Crippen LogP contribution is 2.13. The second kappa shape index (κ2) is 25.4. The van der Waals surface area contributed by atoms with Crippen LogP contribution < -0.4 is 11.1 Å². The first kappa shape index (κ1) is 30.1. The highest BCUT2D eigenvalue weighted by atomic mass is 16.1. The highest BCUT2D eigenvalue weighted by Gasteiger charge is 2.05. The molecule has 0 aliphatic heterocycles. The largest absolute Gasteiger partial charge is 0.356 e. The van der Waals surface area contributed by atoms with E-state index in [1.807, 2.05) is 0 Å². The molecule has 0 aliphatic rings. The molecule has 31 heavy (non-hydrogen) atoms. The van der Waals surface area contributed by atoms with Crippen molar-refractivity contribution in [1.82, 2.24) is 5.32 Å². The van der Waals surface area contributed by atoms with Gasteiger partial charge in [0.2, 0.25) is 5.91 Å². The maximum absolute atomic E-state index is 11.9. The van der Waals surface area contributed by atoms with E-state index in [4.69, 9.17) is 5.73 Å². The number of nitrogens with one attached hydrogen (secondary N) is 1. The molecule has 0 radical (unpaired) electrons. The summed E-state index contributed by atoms with van der Waals surface area (Å²) < 4.78 is 0. The van der Waals surface area contributed by atoms with Crippen LogP contribution >= 0.6 is 0 Å². The first-order chi connectivity index (χ1) is 15.2. The van der Waals surface area contributed by atoms with Gasteiger partial charge in [0.05, 0.1) is 0 Å². The van der Waals surface area contributed by atoms with Gasteiger partial charge in [0.1, 0.15) is 5.78 Å². The van der Waals surface area contributed by atoms with Crippen LogP contribution in [0.25, 0.3) is 0 Å². The third kappa shape index (κ3) is 25.2. The van der Waals surface area contributed by atoms with Gasteiger partial charge >= 0.3 is 0 Å². The Labute approximate surface area is 193 Å². The lowest BCUT2D eigenvalue weighted by Crippen LogP contribution is -2.25. The van der Waals surface area contributed by atoms with E-state index in [0.29, 0.717) is 25.8 Å².